The Morgan fingerprint density at radius 1 is 1.39 bits per heavy atom. The minimum atomic E-state index is 0.158. The van der Waals surface area contributed by atoms with Crippen molar-refractivity contribution in [1.82, 2.24) is 24.6 Å². The Morgan fingerprint density at radius 2 is 2.28 bits per heavy atom. The van der Waals surface area contributed by atoms with Gasteiger partial charge in [0.2, 0.25) is 6.41 Å². The maximum atomic E-state index is 10.8. The third-order valence-corrected chi connectivity index (χ3v) is 3.09. The second kappa shape index (κ2) is 4.21. The first kappa shape index (κ1) is 10.9. The standard InChI is InChI=1S/C12H13N5O/c1-9-6-16(8-18)7-11-14-15-12(17(9)11)10-4-2-3-5-13-10/h2-5,8-9H,6-7H2,1H3. The highest BCUT2D eigenvalue weighted by atomic mass is 16.1. The van der Waals surface area contributed by atoms with Gasteiger partial charge in [-0.25, -0.2) is 0 Å². The van der Waals surface area contributed by atoms with Gasteiger partial charge in [0, 0.05) is 12.7 Å². The van der Waals surface area contributed by atoms with Gasteiger partial charge < -0.3 is 9.47 Å². The summed E-state index contributed by atoms with van der Waals surface area (Å²) in [6, 6.07) is 5.87. The van der Waals surface area contributed by atoms with E-state index in [1.807, 2.05) is 18.2 Å². The molecule has 1 atom stereocenters. The molecule has 1 unspecified atom stereocenters. The summed E-state index contributed by atoms with van der Waals surface area (Å²) < 4.78 is 2.06. The molecule has 0 N–H and O–H groups in total. The lowest BCUT2D eigenvalue weighted by atomic mass is 10.2. The van der Waals surface area contributed by atoms with Gasteiger partial charge in [-0.15, -0.1) is 10.2 Å². The Hall–Kier alpha value is -2.24. The molecule has 1 amide bonds. The Balaban J connectivity index is 2.06. The fourth-order valence-electron chi connectivity index (χ4n) is 2.31. The molecule has 0 saturated carbocycles. The molecule has 92 valence electrons. The molecule has 0 aromatic carbocycles. The van der Waals surface area contributed by atoms with Crippen LogP contribution in [0.2, 0.25) is 0 Å². The van der Waals surface area contributed by atoms with Crippen LogP contribution in [0.3, 0.4) is 0 Å². The molecule has 2 aromatic rings. The Kier molecular flexibility index (Phi) is 2.55. The average Bonchev–Trinajstić information content (AvgIpc) is 2.84. The monoisotopic (exact) mass is 243 g/mol. The summed E-state index contributed by atoms with van der Waals surface area (Å²) in [6.07, 6.45) is 2.59. The molecule has 1 aliphatic rings. The van der Waals surface area contributed by atoms with Crippen molar-refractivity contribution in [3.05, 3.63) is 30.2 Å². The highest BCUT2D eigenvalue weighted by Gasteiger charge is 2.26. The van der Waals surface area contributed by atoms with Gasteiger partial charge in [0.25, 0.3) is 0 Å². The molecule has 0 aliphatic carbocycles. The van der Waals surface area contributed by atoms with Crippen LogP contribution in [0.15, 0.2) is 24.4 Å². The molecule has 2 aromatic heterocycles. The lowest BCUT2D eigenvalue weighted by Gasteiger charge is -2.29. The minimum Gasteiger partial charge on any atom is -0.336 e. The van der Waals surface area contributed by atoms with Crippen molar-refractivity contribution >= 4 is 6.41 Å². The Labute approximate surface area is 104 Å². The van der Waals surface area contributed by atoms with Crippen LogP contribution in [0, 0.1) is 0 Å². The molecule has 6 heteroatoms. The second-order valence-electron chi connectivity index (χ2n) is 4.41. The van der Waals surface area contributed by atoms with Gasteiger partial charge in [-0.3, -0.25) is 9.78 Å². The van der Waals surface area contributed by atoms with Crippen LogP contribution in [0.1, 0.15) is 18.8 Å². The molecule has 3 rings (SSSR count). The molecule has 3 heterocycles. The number of rotatable bonds is 2. The van der Waals surface area contributed by atoms with Gasteiger partial charge >= 0.3 is 0 Å². The summed E-state index contributed by atoms with van der Waals surface area (Å²) in [5.74, 6) is 1.57. The van der Waals surface area contributed by atoms with Crippen molar-refractivity contribution < 1.29 is 4.79 Å². The van der Waals surface area contributed by atoms with E-state index in [0.29, 0.717) is 13.1 Å². The van der Waals surface area contributed by atoms with Crippen LogP contribution in [0.25, 0.3) is 11.5 Å². The minimum absolute atomic E-state index is 0.158. The highest BCUT2D eigenvalue weighted by Crippen LogP contribution is 2.25. The van der Waals surface area contributed by atoms with Gasteiger partial charge in [-0.1, -0.05) is 6.07 Å². The smallest absolute Gasteiger partial charge is 0.210 e. The van der Waals surface area contributed by atoms with Gasteiger partial charge in [-0.05, 0) is 19.1 Å². The summed E-state index contributed by atoms with van der Waals surface area (Å²) in [5, 5.41) is 8.35. The first-order chi connectivity index (χ1) is 8.79. The number of nitrogens with zero attached hydrogens (tertiary/aromatic N) is 5. The first-order valence-corrected chi connectivity index (χ1v) is 5.84. The van der Waals surface area contributed by atoms with E-state index in [0.717, 1.165) is 23.8 Å². The van der Waals surface area contributed by atoms with E-state index in [2.05, 4.69) is 26.7 Å². The molecule has 18 heavy (non-hydrogen) atoms. The zero-order valence-corrected chi connectivity index (χ0v) is 10.0. The van der Waals surface area contributed by atoms with E-state index in [4.69, 9.17) is 0 Å². The van der Waals surface area contributed by atoms with Crippen molar-refractivity contribution in [2.24, 2.45) is 0 Å². The van der Waals surface area contributed by atoms with E-state index in [-0.39, 0.29) is 6.04 Å². The van der Waals surface area contributed by atoms with Crippen LogP contribution in [-0.4, -0.2) is 37.6 Å². The summed E-state index contributed by atoms with van der Waals surface area (Å²) >= 11 is 0. The third-order valence-electron chi connectivity index (χ3n) is 3.09. The molecule has 6 nitrogen and oxygen atoms in total. The van der Waals surface area contributed by atoms with Crippen molar-refractivity contribution in [1.29, 1.82) is 0 Å². The maximum absolute atomic E-state index is 10.8. The van der Waals surface area contributed by atoms with Crippen LogP contribution >= 0.6 is 0 Å². The molecule has 0 bridgehead atoms. The van der Waals surface area contributed by atoms with Gasteiger partial charge in [-0.2, -0.15) is 0 Å². The number of hydrogen-bond acceptors (Lipinski definition) is 4. The SMILES string of the molecule is CC1CN(C=O)Cc2nnc(-c3ccccn3)n21. The van der Waals surface area contributed by atoms with Crippen molar-refractivity contribution in [2.45, 2.75) is 19.5 Å². The lowest BCUT2D eigenvalue weighted by molar-refractivity contribution is -0.119. The number of carbonyl (C=O) groups excluding carboxylic acids is 1. The molecule has 0 radical (unpaired) electrons. The number of hydrogen-bond donors (Lipinski definition) is 0. The number of aromatic nitrogens is 4. The van der Waals surface area contributed by atoms with Crippen LogP contribution in [0.4, 0.5) is 0 Å². The van der Waals surface area contributed by atoms with Gasteiger partial charge in [0.1, 0.15) is 5.69 Å². The van der Waals surface area contributed by atoms with E-state index >= 15 is 0 Å². The molecular weight excluding hydrogens is 230 g/mol. The van der Waals surface area contributed by atoms with Gasteiger partial charge in [0.15, 0.2) is 11.6 Å². The summed E-state index contributed by atoms with van der Waals surface area (Å²) in [6.45, 7) is 3.23. The first-order valence-electron chi connectivity index (χ1n) is 5.84. The maximum Gasteiger partial charge on any atom is 0.210 e. The topological polar surface area (TPSA) is 63.9 Å². The largest absolute Gasteiger partial charge is 0.336 e. The fourth-order valence-corrected chi connectivity index (χ4v) is 2.31. The van der Waals surface area contributed by atoms with Crippen LogP contribution in [-0.2, 0) is 11.3 Å². The van der Waals surface area contributed by atoms with E-state index in [1.54, 1.807) is 11.1 Å². The van der Waals surface area contributed by atoms with Crippen molar-refractivity contribution in [2.75, 3.05) is 6.54 Å². The van der Waals surface area contributed by atoms with Gasteiger partial charge in [0.05, 0.1) is 12.6 Å². The summed E-state index contributed by atoms with van der Waals surface area (Å²) in [4.78, 5) is 16.8. The fraction of sp³-hybridized carbons (Fsp3) is 0.333. The normalized spacial score (nSPS) is 18.5. The average molecular weight is 243 g/mol. The predicted octanol–water partition coefficient (Wildman–Crippen LogP) is 0.873. The number of fused-ring (bicyclic) bond motifs is 1. The second-order valence-corrected chi connectivity index (χ2v) is 4.41. The van der Waals surface area contributed by atoms with E-state index < -0.39 is 0 Å². The number of carbonyl (C=O) groups is 1. The Bertz CT molecular complexity index is 565. The zero-order chi connectivity index (χ0) is 12.5. The molecular formula is C12H13N5O. The molecule has 0 saturated heterocycles. The molecule has 1 aliphatic heterocycles. The quantitative estimate of drug-likeness (QED) is 0.734. The lowest BCUT2D eigenvalue weighted by Crippen LogP contribution is -2.35. The highest BCUT2D eigenvalue weighted by molar-refractivity contribution is 5.51. The Morgan fingerprint density at radius 3 is 3.00 bits per heavy atom. The number of amides is 1. The third kappa shape index (κ3) is 1.66. The zero-order valence-electron chi connectivity index (χ0n) is 10.0. The molecule has 0 fully saturated rings. The number of pyridine rings is 1. The van der Waals surface area contributed by atoms with Crippen molar-refractivity contribution in [3.8, 4) is 11.5 Å². The van der Waals surface area contributed by atoms with Crippen LogP contribution < -0.4 is 0 Å². The van der Waals surface area contributed by atoms with Crippen molar-refractivity contribution in [3.63, 3.8) is 0 Å². The molecule has 0 spiro atoms. The van der Waals surface area contributed by atoms with Crippen LogP contribution in [0.5, 0.6) is 0 Å². The van der Waals surface area contributed by atoms with E-state index in [1.165, 1.54) is 0 Å². The summed E-state index contributed by atoms with van der Waals surface area (Å²) in [7, 11) is 0. The summed E-state index contributed by atoms with van der Waals surface area (Å²) in [5.41, 5.74) is 0.808. The predicted molar refractivity (Wildman–Crippen MR) is 64.4 cm³/mol. The van der Waals surface area contributed by atoms with E-state index in [9.17, 15) is 4.79 Å².